The van der Waals surface area contributed by atoms with Crippen molar-refractivity contribution in [2.75, 3.05) is 20.2 Å². The highest BCUT2D eigenvalue weighted by Gasteiger charge is 2.55. The first-order valence-corrected chi connectivity index (χ1v) is 16.6. The maximum absolute atomic E-state index is 7.18. The fourth-order valence-electron chi connectivity index (χ4n) is 8.65. The molecule has 3 fully saturated rings. The van der Waals surface area contributed by atoms with Gasteiger partial charge >= 0.3 is 0 Å². The van der Waals surface area contributed by atoms with E-state index in [1.807, 2.05) is 12.3 Å². The molecular formula is C42H41N2O2+. The number of hydrogen-bond acceptors (Lipinski definition) is 3. The minimum absolute atomic E-state index is 0.118. The van der Waals surface area contributed by atoms with Crippen molar-refractivity contribution in [3.63, 3.8) is 0 Å². The number of benzene rings is 5. The molecule has 5 unspecified atom stereocenters. The van der Waals surface area contributed by atoms with Gasteiger partial charge in [-0.3, -0.25) is 4.98 Å². The fourth-order valence-corrected chi connectivity index (χ4v) is 8.65. The Kier molecular flexibility index (Phi) is 7.56. The van der Waals surface area contributed by atoms with Crippen LogP contribution in [-0.4, -0.2) is 35.7 Å². The van der Waals surface area contributed by atoms with Crippen molar-refractivity contribution < 1.29 is 14.0 Å². The molecule has 4 heteroatoms. The predicted molar refractivity (Wildman–Crippen MR) is 188 cm³/mol. The van der Waals surface area contributed by atoms with E-state index in [4.69, 9.17) is 14.5 Å². The van der Waals surface area contributed by atoms with Crippen LogP contribution in [0, 0.1) is 11.8 Å². The second-order valence-electron chi connectivity index (χ2n) is 13.3. The summed E-state index contributed by atoms with van der Waals surface area (Å²) in [5.41, 5.74) is 4.81. The Labute approximate surface area is 271 Å². The quantitative estimate of drug-likeness (QED) is 0.0935. The number of nitrogens with zero attached hydrogens (tertiary/aromatic N) is 2. The molecule has 4 nitrogen and oxygen atoms in total. The number of pyridine rings is 1. The number of rotatable bonds is 9. The first-order valence-electron chi connectivity index (χ1n) is 16.6. The SMILES string of the molecule is C=CC1C[N+]2(Cc3c4ccccc4cc4ccccc34)CCC1CC2C(OCc1ccccc1)c1ccnc2ccc(OC)cc12. The van der Waals surface area contributed by atoms with Crippen molar-refractivity contribution in [3.05, 3.63) is 145 Å². The smallest absolute Gasteiger partial charge is 0.135 e. The van der Waals surface area contributed by atoms with Gasteiger partial charge in [-0.15, -0.1) is 6.58 Å². The summed E-state index contributed by atoms with van der Waals surface area (Å²) >= 11 is 0. The fraction of sp³-hybridized carbons (Fsp3) is 0.262. The summed E-state index contributed by atoms with van der Waals surface area (Å²) in [5.74, 6) is 1.94. The number of ether oxygens (including phenoxy) is 2. The number of hydrogen-bond donors (Lipinski definition) is 0. The van der Waals surface area contributed by atoms with Crippen molar-refractivity contribution >= 4 is 32.4 Å². The van der Waals surface area contributed by atoms with Crippen molar-refractivity contribution in [2.45, 2.75) is 38.1 Å². The van der Waals surface area contributed by atoms with Gasteiger partial charge < -0.3 is 14.0 Å². The molecule has 0 aliphatic carbocycles. The summed E-state index contributed by atoms with van der Waals surface area (Å²) in [7, 11) is 1.73. The summed E-state index contributed by atoms with van der Waals surface area (Å²) < 4.78 is 13.9. The monoisotopic (exact) mass is 605 g/mol. The molecule has 3 aliphatic rings. The molecule has 2 bridgehead atoms. The number of fused-ring (bicyclic) bond motifs is 6. The van der Waals surface area contributed by atoms with E-state index in [-0.39, 0.29) is 12.1 Å². The molecule has 0 amide bonds. The molecule has 3 saturated heterocycles. The van der Waals surface area contributed by atoms with Gasteiger partial charge in [0, 0.05) is 35.9 Å². The number of aromatic nitrogens is 1. The van der Waals surface area contributed by atoms with Crippen LogP contribution in [0.15, 0.2) is 128 Å². The van der Waals surface area contributed by atoms with Crippen molar-refractivity contribution in [1.29, 1.82) is 0 Å². The Bertz CT molecular complexity index is 1990. The molecule has 5 atom stereocenters. The number of methoxy groups -OCH3 is 1. The van der Waals surface area contributed by atoms with Crippen LogP contribution < -0.4 is 4.74 Å². The molecule has 0 spiro atoms. The van der Waals surface area contributed by atoms with Gasteiger partial charge in [0.15, 0.2) is 0 Å². The average molecular weight is 606 g/mol. The molecule has 9 rings (SSSR count). The summed E-state index contributed by atoms with van der Waals surface area (Å²) in [6.45, 7) is 8.07. The van der Waals surface area contributed by atoms with Gasteiger partial charge in [-0.1, -0.05) is 84.9 Å². The van der Waals surface area contributed by atoms with Gasteiger partial charge in [-0.05, 0) is 68.9 Å². The number of piperidine rings is 3. The van der Waals surface area contributed by atoms with E-state index in [0.717, 1.165) is 47.2 Å². The van der Waals surface area contributed by atoms with Crippen molar-refractivity contribution in [2.24, 2.45) is 11.8 Å². The maximum atomic E-state index is 7.18. The molecule has 0 radical (unpaired) electrons. The van der Waals surface area contributed by atoms with E-state index in [9.17, 15) is 0 Å². The van der Waals surface area contributed by atoms with Crippen LogP contribution in [0.5, 0.6) is 5.75 Å². The molecule has 1 aromatic heterocycles. The lowest BCUT2D eigenvalue weighted by Gasteiger charge is -2.58. The zero-order chi connectivity index (χ0) is 31.1. The minimum atomic E-state index is -0.118. The van der Waals surface area contributed by atoms with Gasteiger partial charge in [-0.25, -0.2) is 0 Å². The molecule has 0 N–H and O–H groups in total. The van der Waals surface area contributed by atoms with E-state index >= 15 is 0 Å². The molecule has 4 heterocycles. The topological polar surface area (TPSA) is 31.4 Å². The minimum Gasteiger partial charge on any atom is -0.497 e. The van der Waals surface area contributed by atoms with E-state index in [1.54, 1.807) is 7.11 Å². The molecule has 3 aliphatic heterocycles. The third-order valence-electron chi connectivity index (χ3n) is 10.9. The van der Waals surface area contributed by atoms with Gasteiger partial charge in [-0.2, -0.15) is 0 Å². The molecule has 46 heavy (non-hydrogen) atoms. The molecule has 6 aromatic rings. The zero-order valence-electron chi connectivity index (χ0n) is 26.5. The van der Waals surface area contributed by atoms with Crippen molar-refractivity contribution in [3.8, 4) is 5.75 Å². The third kappa shape index (κ3) is 5.06. The van der Waals surface area contributed by atoms with Crippen LogP contribution in [0.25, 0.3) is 32.4 Å². The van der Waals surface area contributed by atoms with Gasteiger partial charge in [0.2, 0.25) is 0 Å². The van der Waals surface area contributed by atoms with Crippen LogP contribution in [0.4, 0.5) is 0 Å². The summed E-state index contributed by atoms with van der Waals surface area (Å²) in [6, 6.07) is 39.5. The Hall–Kier alpha value is -4.51. The lowest BCUT2D eigenvalue weighted by Crippen LogP contribution is -2.67. The van der Waals surface area contributed by atoms with Crippen LogP contribution >= 0.6 is 0 Å². The Morgan fingerprint density at radius 3 is 2.35 bits per heavy atom. The normalized spacial score (nSPS) is 23.1. The highest BCUT2D eigenvalue weighted by Crippen LogP contribution is 2.50. The zero-order valence-corrected chi connectivity index (χ0v) is 26.5. The van der Waals surface area contributed by atoms with Gasteiger partial charge in [0.1, 0.15) is 24.4 Å². The van der Waals surface area contributed by atoms with Gasteiger partial charge in [0.25, 0.3) is 0 Å². The second kappa shape index (κ2) is 12.0. The maximum Gasteiger partial charge on any atom is 0.135 e. The first-order chi connectivity index (χ1) is 22.7. The lowest BCUT2D eigenvalue weighted by molar-refractivity contribution is -0.984. The summed E-state index contributed by atoms with van der Waals surface area (Å²) in [5, 5.41) is 6.44. The average Bonchev–Trinajstić information content (AvgIpc) is 3.12. The van der Waals surface area contributed by atoms with Crippen molar-refractivity contribution in [1.82, 2.24) is 4.98 Å². The van der Waals surface area contributed by atoms with E-state index < -0.39 is 0 Å². The Morgan fingerprint density at radius 1 is 0.870 bits per heavy atom. The highest BCUT2D eigenvalue weighted by atomic mass is 16.5. The Morgan fingerprint density at radius 2 is 1.61 bits per heavy atom. The van der Waals surface area contributed by atoms with Crippen LogP contribution in [0.3, 0.4) is 0 Å². The first kappa shape index (κ1) is 28.9. The predicted octanol–water partition coefficient (Wildman–Crippen LogP) is 9.42. The largest absolute Gasteiger partial charge is 0.497 e. The van der Waals surface area contributed by atoms with Crippen LogP contribution in [-0.2, 0) is 17.9 Å². The highest BCUT2D eigenvalue weighted by molar-refractivity contribution is 6.02. The van der Waals surface area contributed by atoms with E-state index in [2.05, 4.69) is 116 Å². The summed E-state index contributed by atoms with van der Waals surface area (Å²) in [6.07, 6.45) is 6.39. The van der Waals surface area contributed by atoms with E-state index in [1.165, 1.54) is 44.7 Å². The molecular weight excluding hydrogens is 564 g/mol. The standard InChI is InChI=1S/C42H41N2O2/c1-3-30-26-44(27-39-35-15-9-7-13-32(35)23-33-14-8-10-16-36(33)39)22-20-31(30)24-41(44)42(46-28-29-11-5-4-6-12-29)37-19-21-43-40-18-17-34(45-2)25-38(37)40/h3-19,21,23,25,30-31,41-42H,1,20,22,24,26-28H2,2H3/q+1. The number of quaternary nitrogens is 1. The van der Waals surface area contributed by atoms with Crippen LogP contribution in [0.2, 0.25) is 0 Å². The molecule has 5 aromatic carbocycles. The summed E-state index contributed by atoms with van der Waals surface area (Å²) in [4.78, 5) is 4.76. The van der Waals surface area contributed by atoms with Crippen LogP contribution in [0.1, 0.15) is 35.6 Å². The Balaban J connectivity index is 1.30. The molecule has 0 saturated carbocycles. The third-order valence-corrected chi connectivity index (χ3v) is 10.9. The van der Waals surface area contributed by atoms with E-state index in [0.29, 0.717) is 18.4 Å². The lowest BCUT2D eigenvalue weighted by atomic mass is 9.70. The molecule has 230 valence electrons. The second-order valence-corrected chi connectivity index (χ2v) is 13.3. The van der Waals surface area contributed by atoms with Gasteiger partial charge in [0.05, 0.1) is 32.3 Å².